The van der Waals surface area contributed by atoms with E-state index in [0.717, 1.165) is 36.6 Å². The molecule has 0 spiro atoms. The van der Waals surface area contributed by atoms with Crippen LogP contribution in [0.3, 0.4) is 0 Å². The van der Waals surface area contributed by atoms with Crippen molar-refractivity contribution in [2.24, 2.45) is 0 Å². The van der Waals surface area contributed by atoms with Gasteiger partial charge in [0.15, 0.2) is 0 Å². The van der Waals surface area contributed by atoms with Crippen molar-refractivity contribution in [2.75, 3.05) is 26.2 Å². The molecule has 1 fully saturated rings. The summed E-state index contributed by atoms with van der Waals surface area (Å²) in [5, 5.41) is 2.93. The number of imide groups is 1. The summed E-state index contributed by atoms with van der Waals surface area (Å²) in [4.78, 5) is 40.6. The lowest BCUT2D eigenvalue weighted by molar-refractivity contribution is -0.121. The lowest BCUT2D eigenvalue weighted by Crippen LogP contribution is -2.38. The van der Waals surface area contributed by atoms with Crippen LogP contribution in [0.4, 0.5) is 0 Å². The van der Waals surface area contributed by atoms with Gasteiger partial charge in [0.2, 0.25) is 5.91 Å². The molecule has 1 aromatic carbocycles. The average Bonchev–Trinajstić information content (AvgIpc) is 3.45. The van der Waals surface area contributed by atoms with Gasteiger partial charge in [-0.15, -0.1) is 0 Å². The van der Waals surface area contributed by atoms with Crippen LogP contribution < -0.4 is 5.32 Å². The van der Waals surface area contributed by atoms with Gasteiger partial charge in [0, 0.05) is 19.5 Å². The summed E-state index contributed by atoms with van der Waals surface area (Å²) in [5.41, 5.74) is 0.805. The quantitative estimate of drug-likeness (QED) is 0.744. The van der Waals surface area contributed by atoms with Crippen LogP contribution in [0.1, 0.15) is 51.8 Å². The fraction of sp³-hybridized carbons (Fsp3) is 0.381. The number of amides is 3. The zero-order chi connectivity index (χ0) is 19.5. The molecule has 3 heterocycles. The van der Waals surface area contributed by atoms with Gasteiger partial charge in [0.25, 0.3) is 11.8 Å². The van der Waals surface area contributed by atoms with Crippen molar-refractivity contribution in [1.82, 2.24) is 15.1 Å². The number of carbonyl (C=O) groups is 3. The lowest BCUT2D eigenvalue weighted by atomic mass is 10.1. The Morgan fingerprint density at radius 3 is 2.32 bits per heavy atom. The number of benzene rings is 1. The first-order chi connectivity index (χ1) is 13.6. The van der Waals surface area contributed by atoms with Crippen LogP contribution in [-0.4, -0.2) is 53.7 Å². The highest BCUT2D eigenvalue weighted by molar-refractivity contribution is 6.21. The summed E-state index contributed by atoms with van der Waals surface area (Å²) in [7, 11) is 0. The number of nitrogens with one attached hydrogen (secondary N) is 1. The highest BCUT2D eigenvalue weighted by atomic mass is 16.3. The number of rotatable bonds is 7. The van der Waals surface area contributed by atoms with Gasteiger partial charge in [-0.25, -0.2) is 0 Å². The number of furan rings is 1. The third-order valence-corrected chi connectivity index (χ3v) is 5.39. The van der Waals surface area contributed by atoms with E-state index in [4.69, 9.17) is 4.42 Å². The van der Waals surface area contributed by atoms with Crippen LogP contribution in [0, 0.1) is 0 Å². The molecule has 2 aromatic rings. The molecule has 1 aromatic heterocycles. The van der Waals surface area contributed by atoms with E-state index in [1.165, 1.54) is 0 Å². The van der Waals surface area contributed by atoms with Gasteiger partial charge in [-0.05, 0) is 50.2 Å². The standard InChI is InChI=1S/C21H23N3O4/c25-19(9-12-24-20(26)15-6-1-2-7-16(15)21(24)27)22-14-17(18-8-5-13-28-18)23-10-3-4-11-23/h1-2,5-8,13,17H,3-4,9-12,14H2,(H,22,25). The van der Waals surface area contributed by atoms with Gasteiger partial charge in [-0.1, -0.05) is 12.1 Å². The Labute approximate surface area is 163 Å². The highest BCUT2D eigenvalue weighted by Crippen LogP contribution is 2.25. The monoisotopic (exact) mass is 381 g/mol. The summed E-state index contributed by atoms with van der Waals surface area (Å²) in [5.74, 6) is -0.0206. The molecule has 0 aliphatic carbocycles. The number of carbonyl (C=O) groups excluding carboxylic acids is 3. The van der Waals surface area contributed by atoms with Crippen LogP contribution in [-0.2, 0) is 4.79 Å². The van der Waals surface area contributed by atoms with Crippen molar-refractivity contribution >= 4 is 17.7 Å². The molecule has 146 valence electrons. The van der Waals surface area contributed by atoms with Crippen molar-refractivity contribution in [3.05, 3.63) is 59.5 Å². The topological polar surface area (TPSA) is 82.9 Å². The molecular weight excluding hydrogens is 358 g/mol. The van der Waals surface area contributed by atoms with E-state index in [1.807, 2.05) is 12.1 Å². The molecule has 0 saturated carbocycles. The van der Waals surface area contributed by atoms with E-state index in [2.05, 4.69) is 10.2 Å². The predicted octanol–water partition coefficient (Wildman–Crippen LogP) is 2.22. The van der Waals surface area contributed by atoms with Gasteiger partial charge < -0.3 is 9.73 Å². The summed E-state index contributed by atoms with van der Waals surface area (Å²) in [6.07, 6.45) is 4.01. The molecule has 3 amide bonds. The summed E-state index contributed by atoms with van der Waals surface area (Å²) < 4.78 is 5.56. The Hall–Kier alpha value is -2.93. The molecule has 1 unspecified atom stereocenters. The van der Waals surface area contributed by atoms with E-state index < -0.39 is 0 Å². The number of hydrogen-bond acceptors (Lipinski definition) is 5. The van der Waals surface area contributed by atoms with E-state index in [0.29, 0.717) is 17.7 Å². The molecular formula is C21H23N3O4. The first-order valence-electron chi connectivity index (χ1n) is 9.64. The van der Waals surface area contributed by atoms with Gasteiger partial charge in [0.1, 0.15) is 5.76 Å². The maximum absolute atomic E-state index is 12.4. The molecule has 4 rings (SSSR count). The minimum atomic E-state index is -0.334. The fourth-order valence-corrected chi connectivity index (χ4v) is 3.90. The molecule has 1 saturated heterocycles. The van der Waals surface area contributed by atoms with E-state index in [-0.39, 0.29) is 36.7 Å². The van der Waals surface area contributed by atoms with E-state index in [9.17, 15) is 14.4 Å². The molecule has 0 radical (unpaired) electrons. The van der Waals surface area contributed by atoms with Crippen molar-refractivity contribution in [1.29, 1.82) is 0 Å². The molecule has 2 aliphatic rings. The minimum Gasteiger partial charge on any atom is -0.468 e. The molecule has 7 nitrogen and oxygen atoms in total. The second kappa shape index (κ2) is 7.98. The Morgan fingerprint density at radius 2 is 1.71 bits per heavy atom. The first kappa shape index (κ1) is 18.4. The average molecular weight is 381 g/mol. The zero-order valence-electron chi connectivity index (χ0n) is 15.6. The summed E-state index contributed by atoms with van der Waals surface area (Å²) >= 11 is 0. The van der Waals surface area contributed by atoms with Crippen LogP contribution >= 0.6 is 0 Å². The second-order valence-corrected chi connectivity index (χ2v) is 7.14. The van der Waals surface area contributed by atoms with Crippen molar-refractivity contribution in [3.8, 4) is 0 Å². The number of hydrogen-bond donors (Lipinski definition) is 1. The van der Waals surface area contributed by atoms with Crippen LogP contribution in [0.15, 0.2) is 47.1 Å². The van der Waals surface area contributed by atoms with Gasteiger partial charge in [0.05, 0.1) is 23.4 Å². The fourth-order valence-electron chi connectivity index (χ4n) is 3.90. The number of likely N-dealkylation sites (tertiary alicyclic amines) is 1. The van der Waals surface area contributed by atoms with Crippen LogP contribution in [0.25, 0.3) is 0 Å². The maximum atomic E-state index is 12.4. The normalized spacial score (nSPS) is 17.8. The molecule has 1 N–H and O–H groups in total. The Kier molecular flexibility index (Phi) is 5.25. The second-order valence-electron chi connectivity index (χ2n) is 7.14. The largest absolute Gasteiger partial charge is 0.468 e. The Bertz CT molecular complexity index is 837. The van der Waals surface area contributed by atoms with Gasteiger partial charge >= 0.3 is 0 Å². The van der Waals surface area contributed by atoms with Crippen LogP contribution in [0.2, 0.25) is 0 Å². The molecule has 7 heteroatoms. The zero-order valence-corrected chi connectivity index (χ0v) is 15.6. The molecule has 1 atom stereocenters. The third-order valence-electron chi connectivity index (χ3n) is 5.39. The first-order valence-corrected chi connectivity index (χ1v) is 9.64. The molecule has 28 heavy (non-hydrogen) atoms. The third kappa shape index (κ3) is 3.57. The number of nitrogens with zero attached hydrogens (tertiary/aromatic N) is 2. The van der Waals surface area contributed by atoms with Gasteiger partial charge in [-0.2, -0.15) is 0 Å². The van der Waals surface area contributed by atoms with E-state index >= 15 is 0 Å². The Morgan fingerprint density at radius 1 is 1.04 bits per heavy atom. The highest BCUT2D eigenvalue weighted by Gasteiger charge is 2.35. The van der Waals surface area contributed by atoms with Crippen molar-refractivity contribution in [3.63, 3.8) is 0 Å². The maximum Gasteiger partial charge on any atom is 0.261 e. The summed E-state index contributed by atoms with van der Waals surface area (Å²) in [6, 6.07) is 10.5. The SMILES string of the molecule is O=C(CCN1C(=O)c2ccccc2C1=O)NCC(c1ccco1)N1CCCC1. The van der Waals surface area contributed by atoms with Gasteiger partial charge in [-0.3, -0.25) is 24.2 Å². The summed E-state index contributed by atoms with van der Waals surface area (Å²) in [6.45, 7) is 2.48. The van der Waals surface area contributed by atoms with Crippen LogP contribution in [0.5, 0.6) is 0 Å². The smallest absolute Gasteiger partial charge is 0.261 e. The Balaban J connectivity index is 1.32. The molecule has 0 bridgehead atoms. The predicted molar refractivity (Wildman–Crippen MR) is 102 cm³/mol. The minimum absolute atomic E-state index is 0.000699. The number of fused-ring (bicyclic) bond motifs is 1. The van der Waals surface area contributed by atoms with Crippen molar-refractivity contribution in [2.45, 2.75) is 25.3 Å². The van der Waals surface area contributed by atoms with Crippen molar-refractivity contribution < 1.29 is 18.8 Å². The van der Waals surface area contributed by atoms with E-state index in [1.54, 1.807) is 30.5 Å². The lowest BCUT2D eigenvalue weighted by Gasteiger charge is -2.26. The molecule has 2 aliphatic heterocycles.